The van der Waals surface area contributed by atoms with Crippen LogP contribution in [0.25, 0.3) is 11.5 Å². The van der Waals surface area contributed by atoms with Crippen molar-refractivity contribution in [1.29, 1.82) is 0 Å². The van der Waals surface area contributed by atoms with Crippen LogP contribution in [0, 0.1) is 0 Å². The third-order valence-corrected chi connectivity index (χ3v) is 4.13. The summed E-state index contributed by atoms with van der Waals surface area (Å²) in [6, 6.07) is 6.76. The summed E-state index contributed by atoms with van der Waals surface area (Å²) in [6.07, 6.45) is 0.996. The zero-order valence-electron chi connectivity index (χ0n) is 17.4. The Morgan fingerprint density at radius 1 is 1.00 bits per heavy atom. The fraction of sp³-hybridized carbons (Fsp3) is 0.526. The number of carbonyl (C=O) groups excluding carboxylic acids is 1. The molecule has 0 N–H and O–H groups in total. The maximum Gasteiger partial charge on any atom is 0.335 e. The standard InChI is InChI=1S/C19H26N2O8S/c1-19(2,3)29-16(22)13-26-10-9-25-11-12-27-15-7-5-14(6-8-15)17-20-21-18(28-17)30(4,23)24/h5-8H,9-13H2,1-4H3. The average molecular weight is 442 g/mol. The van der Waals surface area contributed by atoms with Crippen LogP contribution in [0.5, 0.6) is 5.75 Å². The van der Waals surface area contributed by atoms with E-state index in [4.69, 9.17) is 23.4 Å². The molecule has 0 aliphatic rings. The molecule has 0 saturated heterocycles. The molecule has 0 saturated carbocycles. The highest BCUT2D eigenvalue weighted by Gasteiger charge is 2.17. The molecule has 0 fully saturated rings. The van der Waals surface area contributed by atoms with E-state index in [0.717, 1.165) is 6.26 Å². The molecule has 30 heavy (non-hydrogen) atoms. The van der Waals surface area contributed by atoms with Gasteiger partial charge in [0.25, 0.3) is 0 Å². The predicted molar refractivity (Wildman–Crippen MR) is 106 cm³/mol. The maximum absolute atomic E-state index is 11.5. The molecular weight excluding hydrogens is 416 g/mol. The van der Waals surface area contributed by atoms with E-state index in [9.17, 15) is 13.2 Å². The maximum atomic E-state index is 11.5. The van der Waals surface area contributed by atoms with Crippen molar-refractivity contribution in [3.05, 3.63) is 24.3 Å². The Kier molecular flexibility index (Phi) is 8.33. The van der Waals surface area contributed by atoms with E-state index in [0.29, 0.717) is 31.1 Å². The van der Waals surface area contributed by atoms with Gasteiger partial charge in [0.05, 0.1) is 19.8 Å². The highest BCUT2D eigenvalue weighted by Crippen LogP contribution is 2.22. The number of hydrogen-bond acceptors (Lipinski definition) is 10. The van der Waals surface area contributed by atoms with Gasteiger partial charge in [0.15, 0.2) is 0 Å². The number of ether oxygens (including phenoxy) is 4. The number of sulfone groups is 1. The first-order valence-corrected chi connectivity index (χ1v) is 11.1. The summed E-state index contributed by atoms with van der Waals surface area (Å²) in [5.74, 6) is 0.297. The van der Waals surface area contributed by atoms with Gasteiger partial charge in [-0.15, -0.1) is 5.10 Å². The number of aromatic nitrogens is 2. The fourth-order valence-electron chi connectivity index (χ4n) is 2.13. The van der Waals surface area contributed by atoms with Crippen molar-refractivity contribution in [1.82, 2.24) is 10.2 Å². The van der Waals surface area contributed by atoms with Crippen molar-refractivity contribution in [2.45, 2.75) is 31.6 Å². The van der Waals surface area contributed by atoms with Gasteiger partial charge in [-0.1, -0.05) is 5.10 Å². The molecule has 0 unspecified atom stereocenters. The third-order valence-electron chi connectivity index (χ3n) is 3.33. The average Bonchev–Trinajstić information content (AvgIpc) is 3.13. The zero-order chi connectivity index (χ0) is 22.2. The van der Waals surface area contributed by atoms with Crippen LogP contribution in [0.4, 0.5) is 0 Å². The van der Waals surface area contributed by atoms with Crippen LogP contribution < -0.4 is 4.74 Å². The van der Waals surface area contributed by atoms with E-state index < -0.39 is 26.6 Å². The minimum Gasteiger partial charge on any atom is -0.491 e. The highest BCUT2D eigenvalue weighted by molar-refractivity contribution is 7.90. The molecule has 0 amide bonds. The van der Waals surface area contributed by atoms with Gasteiger partial charge < -0.3 is 23.4 Å². The van der Waals surface area contributed by atoms with E-state index >= 15 is 0 Å². The Morgan fingerprint density at radius 2 is 1.63 bits per heavy atom. The van der Waals surface area contributed by atoms with Crippen LogP contribution in [0.2, 0.25) is 0 Å². The molecule has 1 aromatic heterocycles. The summed E-state index contributed by atoms with van der Waals surface area (Å²) in [5.41, 5.74) is 0.0415. The van der Waals surface area contributed by atoms with Crippen LogP contribution in [-0.2, 0) is 28.8 Å². The van der Waals surface area contributed by atoms with Crippen LogP contribution in [-0.4, -0.2) is 69.5 Å². The molecule has 2 aromatic rings. The molecule has 166 valence electrons. The molecule has 0 aliphatic heterocycles. The largest absolute Gasteiger partial charge is 0.491 e. The highest BCUT2D eigenvalue weighted by atomic mass is 32.2. The second kappa shape index (κ2) is 10.5. The number of hydrogen-bond donors (Lipinski definition) is 0. The Hall–Kier alpha value is -2.50. The van der Waals surface area contributed by atoms with Crippen molar-refractivity contribution in [3.63, 3.8) is 0 Å². The predicted octanol–water partition coefficient (Wildman–Crippen LogP) is 1.89. The van der Waals surface area contributed by atoms with Crippen molar-refractivity contribution >= 4 is 15.8 Å². The third kappa shape index (κ3) is 8.47. The first-order chi connectivity index (χ1) is 14.0. The summed E-state index contributed by atoms with van der Waals surface area (Å²) >= 11 is 0. The number of nitrogens with zero attached hydrogens (tertiary/aromatic N) is 2. The molecule has 11 heteroatoms. The first-order valence-electron chi connectivity index (χ1n) is 9.19. The molecule has 1 aromatic carbocycles. The molecule has 0 atom stereocenters. The first kappa shape index (κ1) is 23.8. The molecule has 0 bridgehead atoms. The van der Waals surface area contributed by atoms with Gasteiger partial charge in [-0.3, -0.25) is 0 Å². The SMILES string of the molecule is CC(C)(C)OC(=O)COCCOCCOc1ccc(-c2nnc(S(C)(=O)=O)o2)cc1. The van der Waals surface area contributed by atoms with Crippen LogP contribution in [0.3, 0.4) is 0 Å². The molecule has 0 spiro atoms. The topological polar surface area (TPSA) is 127 Å². The molecule has 0 radical (unpaired) electrons. The quantitative estimate of drug-likeness (QED) is 0.376. The van der Waals surface area contributed by atoms with Gasteiger partial charge in [-0.2, -0.15) is 0 Å². The second-order valence-corrected chi connectivity index (χ2v) is 9.16. The van der Waals surface area contributed by atoms with Gasteiger partial charge in [0, 0.05) is 11.8 Å². The summed E-state index contributed by atoms with van der Waals surface area (Å²) in [5, 5.41) is 6.81. The van der Waals surface area contributed by atoms with E-state index in [1.165, 1.54) is 0 Å². The van der Waals surface area contributed by atoms with E-state index in [2.05, 4.69) is 10.2 Å². The van der Waals surface area contributed by atoms with Crippen LogP contribution in [0.1, 0.15) is 20.8 Å². The van der Waals surface area contributed by atoms with E-state index in [-0.39, 0.29) is 19.1 Å². The van der Waals surface area contributed by atoms with E-state index in [1.54, 1.807) is 45.0 Å². The summed E-state index contributed by atoms with van der Waals surface area (Å²) in [6.45, 7) is 6.53. The van der Waals surface area contributed by atoms with Crippen molar-refractivity contribution in [2.75, 3.05) is 39.3 Å². The van der Waals surface area contributed by atoms with Crippen molar-refractivity contribution in [3.8, 4) is 17.2 Å². The monoisotopic (exact) mass is 442 g/mol. The smallest absolute Gasteiger partial charge is 0.335 e. The van der Waals surface area contributed by atoms with Gasteiger partial charge in [0.1, 0.15) is 24.6 Å². The molecule has 2 rings (SSSR count). The molecule has 1 heterocycles. The van der Waals surface area contributed by atoms with Gasteiger partial charge >= 0.3 is 11.2 Å². The lowest BCUT2D eigenvalue weighted by Gasteiger charge is -2.19. The summed E-state index contributed by atoms with van der Waals surface area (Å²) < 4.78 is 49.1. The Morgan fingerprint density at radius 3 is 2.23 bits per heavy atom. The number of rotatable bonds is 11. The van der Waals surface area contributed by atoms with Crippen molar-refractivity contribution < 1.29 is 36.6 Å². The Balaban J connectivity index is 1.62. The fourth-order valence-corrected chi connectivity index (χ4v) is 2.55. The molecule has 10 nitrogen and oxygen atoms in total. The molecular formula is C19H26N2O8S. The number of benzene rings is 1. The number of carbonyl (C=O) groups is 1. The summed E-state index contributed by atoms with van der Waals surface area (Å²) in [7, 11) is -3.54. The van der Waals surface area contributed by atoms with Gasteiger partial charge in [-0.05, 0) is 45.0 Å². The second-order valence-electron chi connectivity index (χ2n) is 7.27. The van der Waals surface area contributed by atoms with E-state index in [1.807, 2.05) is 0 Å². The zero-order valence-corrected chi connectivity index (χ0v) is 18.2. The lowest BCUT2D eigenvalue weighted by atomic mass is 10.2. The van der Waals surface area contributed by atoms with Gasteiger partial charge in [-0.25, -0.2) is 13.2 Å². The lowest BCUT2D eigenvalue weighted by molar-refractivity contribution is -0.160. The summed E-state index contributed by atoms with van der Waals surface area (Å²) in [4.78, 5) is 11.5. The lowest BCUT2D eigenvalue weighted by Crippen LogP contribution is -2.27. The minimum atomic E-state index is -3.54. The van der Waals surface area contributed by atoms with Crippen molar-refractivity contribution in [2.24, 2.45) is 0 Å². The van der Waals surface area contributed by atoms with Crippen LogP contribution in [0.15, 0.2) is 33.9 Å². The van der Waals surface area contributed by atoms with Crippen LogP contribution >= 0.6 is 0 Å². The normalized spacial score (nSPS) is 12.0. The minimum absolute atomic E-state index is 0.108. The Labute approximate surface area is 175 Å². The molecule has 0 aliphatic carbocycles. The van der Waals surface area contributed by atoms with Gasteiger partial charge in [0.2, 0.25) is 15.7 Å². The number of esters is 1. The Bertz CT molecular complexity index is 917.